The van der Waals surface area contributed by atoms with Crippen LogP contribution in [0.5, 0.6) is 0 Å². The van der Waals surface area contributed by atoms with Gasteiger partial charge in [0.05, 0.1) is 32.3 Å². The van der Waals surface area contributed by atoms with Crippen molar-refractivity contribution in [1.29, 1.82) is 0 Å². The van der Waals surface area contributed by atoms with Crippen LogP contribution in [0.2, 0.25) is 0 Å². The molecule has 0 bridgehead atoms. The lowest BCUT2D eigenvalue weighted by molar-refractivity contribution is -0.696. The molecular weight excluding hydrogens is 512 g/mol. The molecule has 0 saturated heterocycles. The smallest absolute Gasteiger partial charge is 0.243 e. The molecule has 0 saturated carbocycles. The van der Waals surface area contributed by atoms with Gasteiger partial charge >= 0.3 is 0 Å². The van der Waals surface area contributed by atoms with E-state index in [1.54, 1.807) is 0 Å². The molecule has 2 heterocycles. The summed E-state index contributed by atoms with van der Waals surface area (Å²) >= 11 is 0. The largest absolute Gasteiger partial charge is 0.390 e. The van der Waals surface area contributed by atoms with Crippen molar-refractivity contribution in [3.05, 3.63) is 37.4 Å². The number of aryl methyl sites for hydroxylation is 4. The van der Waals surface area contributed by atoms with E-state index in [1.807, 2.05) is 14.1 Å². The summed E-state index contributed by atoms with van der Waals surface area (Å²) in [6.07, 6.45) is 29.9. The second-order valence-corrected chi connectivity index (χ2v) is 11.6. The first-order valence-corrected chi connectivity index (χ1v) is 16.7. The van der Waals surface area contributed by atoms with Gasteiger partial charge in [-0.2, -0.15) is 0 Å². The average Bonchev–Trinajstić information content (AvgIpc) is 3.63. The molecule has 0 spiro atoms. The third kappa shape index (κ3) is 19.1. The normalized spacial score (nSPS) is 12.4. The first-order valence-electron chi connectivity index (χ1n) is 16.7. The molecule has 41 heavy (non-hydrogen) atoms. The van der Waals surface area contributed by atoms with Crippen molar-refractivity contribution < 1.29 is 14.2 Å². The number of aliphatic hydroxyl groups is 1. The molecule has 5 N–H and O–H groups in total. The molecule has 0 aromatic carbocycles. The molecule has 1 atom stereocenters. The molecule has 2 aromatic rings. The van der Waals surface area contributed by atoms with Gasteiger partial charge in [-0.05, 0) is 85.2 Å². The fraction of sp³-hybridized carbons (Fsp3) is 0.812. The minimum atomic E-state index is -0.323. The molecule has 0 amide bonds. The summed E-state index contributed by atoms with van der Waals surface area (Å²) in [5.41, 5.74) is 0. The highest BCUT2D eigenvalue weighted by Crippen LogP contribution is 2.11. The highest BCUT2D eigenvalue weighted by Gasteiger charge is 2.06. The van der Waals surface area contributed by atoms with Crippen LogP contribution in [0, 0.1) is 0 Å². The summed E-state index contributed by atoms with van der Waals surface area (Å²) in [6.45, 7) is 9.66. The van der Waals surface area contributed by atoms with Crippen LogP contribution < -0.4 is 30.4 Å². The van der Waals surface area contributed by atoms with Crippen LogP contribution in [-0.2, 0) is 26.2 Å². The predicted molar refractivity (Wildman–Crippen MR) is 169 cm³/mol. The van der Waals surface area contributed by atoms with Crippen LogP contribution in [0.3, 0.4) is 0 Å². The molecule has 2 rings (SSSR count). The summed E-state index contributed by atoms with van der Waals surface area (Å²) in [7, 11) is 3.98. The Morgan fingerprint density at radius 3 is 1.46 bits per heavy atom. The van der Waals surface area contributed by atoms with Crippen molar-refractivity contribution in [3.63, 3.8) is 0 Å². The number of aliphatic hydroxyl groups excluding tert-OH is 1. The maximum absolute atomic E-state index is 10.0. The van der Waals surface area contributed by atoms with Crippen molar-refractivity contribution in [1.82, 2.24) is 30.4 Å². The minimum absolute atomic E-state index is 0.323. The van der Waals surface area contributed by atoms with Crippen LogP contribution in [0.15, 0.2) is 37.4 Å². The third-order valence-corrected chi connectivity index (χ3v) is 7.73. The third-order valence-electron chi connectivity index (χ3n) is 7.73. The molecule has 9 nitrogen and oxygen atoms in total. The number of nitrogens with zero attached hydrogens (tertiary/aromatic N) is 4. The van der Waals surface area contributed by atoms with Crippen LogP contribution in [0.4, 0.5) is 0 Å². The van der Waals surface area contributed by atoms with Gasteiger partial charge in [0.1, 0.15) is 24.8 Å². The van der Waals surface area contributed by atoms with Gasteiger partial charge in [0, 0.05) is 13.1 Å². The van der Waals surface area contributed by atoms with E-state index in [0.29, 0.717) is 13.1 Å². The Morgan fingerprint density at radius 1 is 0.561 bits per heavy atom. The van der Waals surface area contributed by atoms with E-state index >= 15 is 0 Å². The van der Waals surface area contributed by atoms with Crippen LogP contribution in [-0.4, -0.2) is 73.7 Å². The number of aromatic nitrogens is 4. The molecule has 0 aliphatic heterocycles. The number of nitrogens with one attached hydrogen (secondary N) is 4. The van der Waals surface area contributed by atoms with Crippen LogP contribution in [0.25, 0.3) is 0 Å². The molecule has 0 fully saturated rings. The zero-order valence-electron chi connectivity index (χ0n) is 26.5. The van der Waals surface area contributed by atoms with Gasteiger partial charge in [0.2, 0.25) is 12.7 Å². The molecule has 1 unspecified atom stereocenters. The Kier molecular flexibility index (Phi) is 21.4. The summed E-state index contributed by atoms with van der Waals surface area (Å²) < 4.78 is 9.25. The summed E-state index contributed by atoms with van der Waals surface area (Å²) in [5.74, 6) is 0. The first-order chi connectivity index (χ1) is 20.2. The lowest BCUT2D eigenvalue weighted by Crippen LogP contribution is -2.38. The maximum Gasteiger partial charge on any atom is 0.243 e. The second kappa shape index (κ2) is 24.8. The van der Waals surface area contributed by atoms with Gasteiger partial charge in [0.15, 0.2) is 0 Å². The predicted octanol–water partition coefficient (Wildman–Crippen LogP) is 2.62. The monoisotopic (exact) mass is 577 g/mol. The maximum atomic E-state index is 10.0. The van der Waals surface area contributed by atoms with E-state index in [-0.39, 0.29) is 6.10 Å². The first kappa shape index (κ1) is 35.4. The molecule has 236 valence electrons. The second-order valence-electron chi connectivity index (χ2n) is 11.6. The van der Waals surface area contributed by atoms with E-state index in [2.05, 4.69) is 77.0 Å². The van der Waals surface area contributed by atoms with E-state index in [0.717, 1.165) is 65.2 Å². The molecule has 0 radical (unpaired) electrons. The van der Waals surface area contributed by atoms with Crippen molar-refractivity contribution in [2.24, 2.45) is 0 Å². The van der Waals surface area contributed by atoms with E-state index in [1.165, 1.54) is 70.6 Å². The Hall–Kier alpha value is -1.78. The van der Waals surface area contributed by atoms with Gasteiger partial charge in [-0.1, -0.05) is 38.5 Å². The Balaban J connectivity index is 1.33. The van der Waals surface area contributed by atoms with Gasteiger partial charge < -0.3 is 26.4 Å². The highest BCUT2D eigenvalue weighted by atomic mass is 16.3. The molecule has 9 heteroatoms. The number of imidazole rings is 2. The van der Waals surface area contributed by atoms with E-state index in [4.69, 9.17) is 0 Å². The molecule has 0 aliphatic rings. The van der Waals surface area contributed by atoms with Gasteiger partial charge in [0.25, 0.3) is 0 Å². The van der Waals surface area contributed by atoms with Crippen molar-refractivity contribution >= 4 is 0 Å². The molecule has 2 aromatic heterocycles. The Labute approximate surface area is 251 Å². The van der Waals surface area contributed by atoms with Gasteiger partial charge in [-0.15, -0.1) is 0 Å². The molecular formula is C32H64N8O+2. The lowest BCUT2D eigenvalue weighted by atomic mass is 10.1. The fourth-order valence-electron chi connectivity index (χ4n) is 5.23. The number of unbranched alkanes of at least 4 members (excludes halogenated alkanes) is 9. The SMILES string of the molecule is CNCCCNCC(O)CNCCC[n+]1ccn(CCCCCCCCCCCCn2cc[n+](CCCNC)c2)c1. The summed E-state index contributed by atoms with van der Waals surface area (Å²) in [6, 6.07) is 0. The lowest BCUT2D eigenvalue weighted by Gasteiger charge is -2.12. The summed E-state index contributed by atoms with van der Waals surface area (Å²) in [4.78, 5) is 0. The van der Waals surface area contributed by atoms with Crippen LogP contribution in [0.1, 0.15) is 83.5 Å². The van der Waals surface area contributed by atoms with E-state index < -0.39 is 0 Å². The van der Waals surface area contributed by atoms with E-state index in [9.17, 15) is 5.11 Å². The van der Waals surface area contributed by atoms with Crippen molar-refractivity contribution in [3.8, 4) is 0 Å². The van der Waals surface area contributed by atoms with Crippen LogP contribution >= 0.6 is 0 Å². The number of hydrogen-bond donors (Lipinski definition) is 5. The Bertz CT molecular complexity index is 839. The van der Waals surface area contributed by atoms with Crippen molar-refractivity contribution in [2.45, 2.75) is 116 Å². The number of rotatable bonds is 29. The zero-order chi connectivity index (χ0) is 29.2. The topological polar surface area (TPSA) is 86.0 Å². The molecule has 0 aliphatic carbocycles. The van der Waals surface area contributed by atoms with Gasteiger partial charge in [-0.25, -0.2) is 18.3 Å². The quantitative estimate of drug-likeness (QED) is 0.0760. The van der Waals surface area contributed by atoms with Crippen molar-refractivity contribution in [2.75, 3.05) is 53.4 Å². The van der Waals surface area contributed by atoms with Gasteiger partial charge in [-0.3, -0.25) is 0 Å². The standard InChI is InChI=1S/C32H64N8O/c1-33-16-13-18-35-28-32(41)29-36-19-15-23-40-27-25-38(31-40)21-12-10-8-6-4-3-5-7-9-11-20-37-24-26-39(30-37)22-14-17-34-2/h24-27,30-36,41H,3-23,28-29H2,1-2H3/q+2. The number of hydrogen-bond acceptors (Lipinski definition) is 5. The highest BCUT2D eigenvalue weighted by molar-refractivity contribution is 4.68. The summed E-state index contributed by atoms with van der Waals surface area (Å²) in [5, 5.41) is 23.1. The Morgan fingerprint density at radius 2 is 0.976 bits per heavy atom. The zero-order valence-corrected chi connectivity index (χ0v) is 26.5. The minimum Gasteiger partial charge on any atom is -0.390 e. The average molecular weight is 577 g/mol. The fourth-order valence-corrected chi connectivity index (χ4v) is 5.23.